The summed E-state index contributed by atoms with van der Waals surface area (Å²) in [5, 5.41) is 0. The van der Waals surface area contributed by atoms with Gasteiger partial charge in [-0.05, 0) is 18.6 Å². The summed E-state index contributed by atoms with van der Waals surface area (Å²) in [5.41, 5.74) is 7.40. The third-order valence-electron chi connectivity index (χ3n) is 2.03. The van der Waals surface area contributed by atoms with Crippen LogP contribution in [0.3, 0.4) is 0 Å². The van der Waals surface area contributed by atoms with Crippen LogP contribution in [0, 0.1) is 6.92 Å². The topological polar surface area (TPSA) is 52.3 Å². The maximum absolute atomic E-state index is 11.5. The van der Waals surface area contributed by atoms with Gasteiger partial charge in [-0.15, -0.1) is 11.6 Å². The number of halogens is 1. The predicted octanol–water partition coefficient (Wildman–Crippen LogP) is 2.01. The number of benzene rings is 1. The minimum absolute atomic E-state index is 0.0712. The second kappa shape index (κ2) is 4.33. The zero-order chi connectivity index (χ0) is 10.7. The third-order valence-corrected chi connectivity index (χ3v) is 2.28. The molecule has 0 aliphatic rings. The smallest absolute Gasteiger partial charge is 0.180 e. The number of hydrogen-bond donors (Lipinski definition) is 1. The van der Waals surface area contributed by atoms with Crippen LogP contribution in [0.25, 0.3) is 0 Å². The van der Waals surface area contributed by atoms with Crippen LogP contribution < -0.4 is 10.5 Å². The lowest BCUT2D eigenvalue weighted by Crippen LogP contribution is -2.08. The van der Waals surface area contributed by atoms with Gasteiger partial charge in [0.05, 0.1) is 18.7 Å². The van der Waals surface area contributed by atoms with E-state index in [9.17, 15) is 4.79 Å². The van der Waals surface area contributed by atoms with Gasteiger partial charge >= 0.3 is 0 Å². The van der Waals surface area contributed by atoms with Crippen LogP contribution in [0.2, 0.25) is 0 Å². The molecule has 76 valence electrons. The maximum Gasteiger partial charge on any atom is 0.180 e. The zero-order valence-electron chi connectivity index (χ0n) is 8.13. The second-order valence-electron chi connectivity index (χ2n) is 2.93. The monoisotopic (exact) mass is 213 g/mol. The maximum atomic E-state index is 11.5. The Morgan fingerprint density at radius 3 is 2.71 bits per heavy atom. The average molecular weight is 214 g/mol. The molecule has 0 aromatic heterocycles. The number of rotatable bonds is 3. The van der Waals surface area contributed by atoms with Crippen molar-refractivity contribution in [2.75, 3.05) is 18.7 Å². The van der Waals surface area contributed by atoms with Crippen LogP contribution >= 0.6 is 11.6 Å². The highest BCUT2D eigenvalue weighted by Gasteiger charge is 2.14. The molecule has 1 aromatic rings. The van der Waals surface area contributed by atoms with Gasteiger partial charge in [-0.25, -0.2) is 0 Å². The Labute approximate surface area is 87.8 Å². The summed E-state index contributed by atoms with van der Waals surface area (Å²) >= 11 is 5.48. The lowest BCUT2D eigenvalue weighted by Gasteiger charge is -2.10. The number of ketones is 1. The molecule has 0 atom stereocenters. The van der Waals surface area contributed by atoms with Crippen molar-refractivity contribution < 1.29 is 9.53 Å². The number of carbonyl (C=O) groups is 1. The number of aryl methyl sites for hydroxylation is 1. The molecule has 1 rings (SSSR count). The van der Waals surface area contributed by atoms with E-state index in [2.05, 4.69) is 0 Å². The fourth-order valence-corrected chi connectivity index (χ4v) is 1.46. The summed E-state index contributed by atoms with van der Waals surface area (Å²) in [6.45, 7) is 1.82. The van der Waals surface area contributed by atoms with Crippen molar-refractivity contribution in [3.63, 3.8) is 0 Å². The van der Waals surface area contributed by atoms with Crippen molar-refractivity contribution in [3.8, 4) is 5.75 Å². The number of methoxy groups -OCH3 is 1. The van der Waals surface area contributed by atoms with Crippen LogP contribution in [0.4, 0.5) is 5.69 Å². The van der Waals surface area contributed by atoms with E-state index in [0.717, 1.165) is 5.56 Å². The lowest BCUT2D eigenvalue weighted by atomic mass is 10.0. The molecule has 0 fully saturated rings. The van der Waals surface area contributed by atoms with Gasteiger partial charge in [-0.2, -0.15) is 0 Å². The van der Waals surface area contributed by atoms with E-state index in [0.29, 0.717) is 17.0 Å². The van der Waals surface area contributed by atoms with E-state index >= 15 is 0 Å². The van der Waals surface area contributed by atoms with Crippen molar-refractivity contribution in [3.05, 3.63) is 23.3 Å². The lowest BCUT2D eigenvalue weighted by molar-refractivity contribution is 0.102. The van der Waals surface area contributed by atoms with Crippen LogP contribution in [-0.2, 0) is 0 Å². The van der Waals surface area contributed by atoms with E-state index in [1.54, 1.807) is 12.1 Å². The molecule has 14 heavy (non-hydrogen) atoms. The molecule has 0 radical (unpaired) electrons. The molecule has 2 N–H and O–H groups in total. The standard InChI is InChI=1S/C10H12ClNO2/c1-6-3-4-8(14-2)10(12)9(6)7(13)5-11/h3-4H,5,12H2,1-2H3. The van der Waals surface area contributed by atoms with E-state index in [4.69, 9.17) is 22.1 Å². The summed E-state index contributed by atoms with van der Waals surface area (Å²) in [6, 6.07) is 3.52. The van der Waals surface area contributed by atoms with Gasteiger partial charge in [0, 0.05) is 5.56 Å². The van der Waals surface area contributed by atoms with Gasteiger partial charge in [0.25, 0.3) is 0 Å². The molecule has 4 heteroatoms. The predicted molar refractivity (Wildman–Crippen MR) is 57.2 cm³/mol. The van der Waals surface area contributed by atoms with Crippen molar-refractivity contribution in [1.82, 2.24) is 0 Å². The first kappa shape index (κ1) is 10.9. The minimum Gasteiger partial charge on any atom is -0.495 e. The third kappa shape index (κ3) is 1.82. The van der Waals surface area contributed by atoms with Gasteiger partial charge in [-0.3, -0.25) is 4.79 Å². The SMILES string of the molecule is COc1ccc(C)c(C(=O)CCl)c1N. The van der Waals surface area contributed by atoms with Crippen molar-refractivity contribution in [1.29, 1.82) is 0 Å². The molecule has 3 nitrogen and oxygen atoms in total. The van der Waals surface area contributed by atoms with E-state index < -0.39 is 0 Å². The Hall–Kier alpha value is -1.22. The molecule has 0 saturated heterocycles. The first-order valence-electron chi connectivity index (χ1n) is 4.14. The highest BCUT2D eigenvalue weighted by molar-refractivity contribution is 6.31. The number of hydrogen-bond acceptors (Lipinski definition) is 3. The number of nitrogens with two attached hydrogens (primary N) is 1. The Balaban J connectivity index is 3.32. The van der Waals surface area contributed by atoms with Gasteiger partial charge in [0.15, 0.2) is 5.78 Å². The molecular formula is C10H12ClNO2. The van der Waals surface area contributed by atoms with Gasteiger partial charge in [0.1, 0.15) is 5.75 Å². The Morgan fingerprint density at radius 2 is 2.21 bits per heavy atom. The fourth-order valence-electron chi connectivity index (χ4n) is 1.32. The quantitative estimate of drug-likeness (QED) is 0.475. The molecule has 0 saturated carbocycles. The number of alkyl halides is 1. The zero-order valence-corrected chi connectivity index (χ0v) is 8.89. The largest absolute Gasteiger partial charge is 0.495 e. The summed E-state index contributed by atoms with van der Waals surface area (Å²) in [7, 11) is 1.51. The summed E-state index contributed by atoms with van der Waals surface area (Å²) in [5.74, 6) is 0.253. The normalized spacial score (nSPS) is 9.93. The molecule has 0 spiro atoms. The molecule has 0 bridgehead atoms. The first-order valence-corrected chi connectivity index (χ1v) is 4.67. The second-order valence-corrected chi connectivity index (χ2v) is 3.20. The summed E-state index contributed by atoms with van der Waals surface area (Å²) in [6.07, 6.45) is 0. The molecule has 0 aliphatic heterocycles. The Morgan fingerprint density at radius 1 is 1.57 bits per heavy atom. The summed E-state index contributed by atoms with van der Waals surface area (Å²) in [4.78, 5) is 11.5. The first-order chi connectivity index (χ1) is 6.61. The number of nitrogen functional groups attached to an aromatic ring is 1. The van der Waals surface area contributed by atoms with Crippen LogP contribution in [0.1, 0.15) is 15.9 Å². The number of anilines is 1. The van der Waals surface area contributed by atoms with Crippen molar-refractivity contribution in [2.24, 2.45) is 0 Å². The van der Waals surface area contributed by atoms with Gasteiger partial charge < -0.3 is 10.5 Å². The Kier molecular flexibility index (Phi) is 3.36. The molecule has 0 unspecified atom stereocenters. The highest BCUT2D eigenvalue weighted by Crippen LogP contribution is 2.28. The number of ether oxygens (including phenoxy) is 1. The number of Topliss-reactive ketones (excluding diaryl/α,β-unsaturated/α-hetero) is 1. The van der Waals surface area contributed by atoms with E-state index in [1.165, 1.54) is 7.11 Å². The minimum atomic E-state index is -0.180. The summed E-state index contributed by atoms with van der Waals surface area (Å²) < 4.78 is 5.01. The molecular weight excluding hydrogens is 202 g/mol. The van der Waals surface area contributed by atoms with Gasteiger partial charge in [-0.1, -0.05) is 6.07 Å². The molecule has 0 aliphatic carbocycles. The van der Waals surface area contributed by atoms with Crippen LogP contribution in [0.15, 0.2) is 12.1 Å². The van der Waals surface area contributed by atoms with Gasteiger partial charge in [0.2, 0.25) is 0 Å². The van der Waals surface area contributed by atoms with Crippen LogP contribution in [-0.4, -0.2) is 18.8 Å². The number of carbonyl (C=O) groups excluding carboxylic acids is 1. The van der Waals surface area contributed by atoms with Crippen LogP contribution in [0.5, 0.6) is 5.75 Å². The molecule has 1 aromatic carbocycles. The van der Waals surface area contributed by atoms with Crippen molar-refractivity contribution in [2.45, 2.75) is 6.92 Å². The molecule has 0 amide bonds. The van der Waals surface area contributed by atoms with Crippen molar-refractivity contribution >= 4 is 23.1 Å². The highest BCUT2D eigenvalue weighted by atomic mass is 35.5. The van der Waals surface area contributed by atoms with E-state index in [1.807, 2.05) is 6.92 Å². The Bertz CT molecular complexity index is 363. The van der Waals surface area contributed by atoms with E-state index in [-0.39, 0.29) is 11.7 Å². The fraction of sp³-hybridized carbons (Fsp3) is 0.300. The average Bonchev–Trinajstić information content (AvgIpc) is 2.18. The molecule has 0 heterocycles.